The number of halogens is 4. The molecule has 6 aromatic rings. The van der Waals surface area contributed by atoms with Gasteiger partial charge in [0.05, 0.1) is 24.3 Å². The van der Waals surface area contributed by atoms with E-state index in [1.54, 1.807) is 13.8 Å². The van der Waals surface area contributed by atoms with Gasteiger partial charge in [0, 0.05) is 146 Å². The highest BCUT2D eigenvalue weighted by molar-refractivity contribution is 7.89. The van der Waals surface area contributed by atoms with Crippen molar-refractivity contribution in [3.63, 3.8) is 0 Å². The maximum atomic E-state index is 13.2. The Labute approximate surface area is 483 Å². The summed E-state index contributed by atoms with van der Waals surface area (Å²) in [5.41, 5.74) is 13.1. The van der Waals surface area contributed by atoms with Crippen LogP contribution in [0.25, 0.3) is 0 Å². The zero-order valence-corrected chi connectivity index (χ0v) is 49.5. The number of likely N-dealkylation sites (N-methyl/N-ethyl adjacent to an activating group) is 1. The number of nitrogen functional groups attached to an aromatic ring is 1. The normalized spacial score (nSPS) is 13.8. The van der Waals surface area contributed by atoms with Crippen LogP contribution in [-0.4, -0.2) is 148 Å². The number of ether oxygens (including phenoxy) is 3. The van der Waals surface area contributed by atoms with Gasteiger partial charge in [0.2, 0.25) is 20.0 Å². The number of aryl methyl sites for hydroxylation is 2. The van der Waals surface area contributed by atoms with Gasteiger partial charge in [-0.15, -0.1) is 0 Å². The summed E-state index contributed by atoms with van der Waals surface area (Å²) in [7, 11) is -2.19. The van der Waals surface area contributed by atoms with E-state index in [2.05, 4.69) is 58.6 Å². The van der Waals surface area contributed by atoms with Gasteiger partial charge in [-0.3, -0.25) is 19.6 Å². The molecule has 2 fully saturated rings. The van der Waals surface area contributed by atoms with Crippen molar-refractivity contribution < 1.29 is 40.6 Å². The molecule has 79 heavy (non-hydrogen) atoms. The van der Waals surface area contributed by atoms with Crippen molar-refractivity contribution >= 4 is 107 Å². The van der Waals surface area contributed by atoms with Gasteiger partial charge >= 0.3 is 0 Å². The minimum atomic E-state index is -3.96. The number of nitrogens with zero attached hydrogens (tertiary/aromatic N) is 8. The lowest BCUT2D eigenvalue weighted by atomic mass is 10.1. The zero-order chi connectivity index (χ0) is 57.4. The quantitative estimate of drug-likeness (QED) is 0.0457. The molecule has 0 radical (unpaired) electrons. The molecule has 24 heteroatoms. The number of carbonyl (C=O) groups excluding carboxylic acids is 2. The largest absolute Gasteiger partial charge is 0.495 e. The Bertz CT molecular complexity index is 3210. The van der Waals surface area contributed by atoms with Gasteiger partial charge in [-0.25, -0.2) is 21.1 Å². The molecule has 0 unspecified atom stereocenters. The first-order chi connectivity index (χ1) is 37.7. The van der Waals surface area contributed by atoms with Crippen LogP contribution in [0, 0.1) is 13.8 Å². The van der Waals surface area contributed by atoms with Crippen molar-refractivity contribution in [3.05, 3.63) is 146 Å². The Balaban J connectivity index is 0.000000211. The third kappa shape index (κ3) is 16.1. The van der Waals surface area contributed by atoms with E-state index < -0.39 is 20.0 Å². The highest BCUT2D eigenvalue weighted by atomic mass is 35.5. The fraction of sp³-hybridized carbons (Fsp3) is 0.345. The van der Waals surface area contributed by atoms with E-state index >= 15 is 0 Å². The van der Waals surface area contributed by atoms with Gasteiger partial charge in [-0.05, 0) is 103 Å². The lowest BCUT2D eigenvalue weighted by molar-refractivity contribution is -0.128. The minimum Gasteiger partial charge on any atom is -0.495 e. The molecule has 0 bridgehead atoms. The third-order valence-electron chi connectivity index (χ3n) is 13.3. The second kappa shape index (κ2) is 28.9. The lowest BCUT2D eigenvalue weighted by Gasteiger charge is -2.37. The van der Waals surface area contributed by atoms with Gasteiger partial charge in [0.1, 0.15) is 43.7 Å². The zero-order valence-electron chi connectivity index (χ0n) is 44.8. The van der Waals surface area contributed by atoms with Crippen LogP contribution in [0.5, 0.6) is 11.5 Å². The standard InChI is InChI=1S/C28H32Cl2N4O4S.C15H18N4.C12H15Cl2NO5S/c1-20-18-25(38-3)26(29)27(30)28(20)39(36,37)32(2)13-10-24(35)19-21-4-6-22(7-5-21)33-14-16-34(17-15-33)23-8-11-31-12-9-23;16-13-1-3-14(4-2-13)18-9-11-19(12-10-18)15-5-7-17-8-6-15;1-8-6-9(19-3)10(13)11(14)12(8)21(17,18)15(2)4-5-20-7-16/h4-9,11-12,18H,10,13-17,19H2,1-3H3;1-8H,9-12,16H2;6-7H,4-5H2,1-3H3. The van der Waals surface area contributed by atoms with Crippen molar-refractivity contribution in [2.75, 3.05) is 126 Å². The van der Waals surface area contributed by atoms with Crippen LogP contribution >= 0.6 is 46.4 Å². The fourth-order valence-electron chi connectivity index (χ4n) is 8.79. The molecule has 0 saturated carbocycles. The Hall–Kier alpha value is -6.10. The molecule has 0 spiro atoms. The Morgan fingerprint density at radius 2 is 0.937 bits per heavy atom. The number of hydrogen-bond donors (Lipinski definition) is 1. The van der Waals surface area contributed by atoms with Gasteiger partial charge in [0.25, 0.3) is 6.47 Å². The van der Waals surface area contributed by atoms with Crippen LogP contribution in [0.4, 0.5) is 28.4 Å². The Morgan fingerprint density at radius 1 is 0.582 bits per heavy atom. The minimum absolute atomic E-state index is 0.000487. The van der Waals surface area contributed by atoms with E-state index in [9.17, 15) is 26.4 Å². The SMILES string of the molecule is COc1cc(C)c(S(=O)(=O)N(C)CCC(=O)Cc2ccc(N3CCN(c4ccncc4)CC3)cc2)c(Cl)c1Cl.COc1cc(C)c(S(=O)(=O)N(C)CCOC=O)c(Cl)c1Cl.Nc1ccc(N2CCN(c3ccncc3)CC2)cc1. The molecular weight excluding hydrogens is 1140 g/mol. The van der Waals surface area contributed by atoms with E-state index in [-0.39, 0.29) is 74.7 Å². The molecule has 8 rings (SSSR count). The third-order valence-corrected chi connectivity index (χ3v) is 19.3. The molecular formula is C55H65Cl4N9O9S2. The average molecular weight is 1200 g/mol. The van der Waals surface area contributed by atoms with E-state index in [0.29, 0.717) is 22.6 Å². The number of ketones is 1. The summed E-state index contributed by atoms with van der Waals surface area (Å²) in [5.74, 6) is 0.547. The molecule has 2 aromatic heterocycles. The summed E-state index contributed by atoms with van der Waals surface area (Å²) in [6.45, 7) is 11.2. The van der Waals surface area contributed by atoms with Crippen LogP contribution in [0.15, 0.2) is 120 Å². The molecule has 0 atom stereocenters. The number of aromatic nitrogens is 2. The number of methoxy groups -OCH3 is 2. The molecule has 2 saturated heterocycles. The molecule has 4 aromatic carbocycles. The predicted octanol–water partition coefficient (Wildman–Crippen LogP) is 8.95. The molecule has 0 aliphatic carbocycles. The Kier molecular flexibility index (Phi) is 22.7. The second-order valence-electron chi connectivity index (χ2n) is 18.4. The van der Waals surface area contributed by atoms with Gasteiger partial charge in [0.15, 0.2) is 0 Å². The number of Topliss-reactive ketones (excluding diaryl/α,β-unsaturated/α-hetero) is 1. The molecule has 0 amide bonds. The summed E-state index contributed by atoms with van der Waals surface area (Å²) in [5, 5.41) is -0.130. The number of piperazine rings is 2. The first-order valence-corrected chi connectivity index (χ1v) is 29.4. The average Bonchev–Trinajstić information content (AvgIpc) is 3.56. The summed E-state index contributed by atoms with van der Waals surface area (Å²) in [4.78, 5) is 40.2. The van der Waals surface area contributed by atoms with Crippen molar-refractivity contribution in [1.29, 1.82) is 0 Å². The van der Waals surface area contributed by atoms with E-state index in [4.69, 9.17) is 61.6 Å². The summed E-state index contributed by atoms with van der Waals surface area (Å²) < 4.78 is 68.3. The number of nitrogens with two attached hydrogens (primary N) is 1. The second-order valence-corrected chi connectivity index (χ2v) is 23.9. The smallest absolute Gasteiger partial charge is 0.293 e. The monoisotopic (exact) mass is 1200 g/mol. The highest BCUT2D eigenvalue weighted by Crippen LogP contribution is 2.41. The molecule has 2 aliphatic rings. The molecule has 18 nitrogen and oxygen atoms in total. The first-order valence-electron chi connectivity index (χ1n) is 25.0. The summed E-state index contributed by atoms with van der Waals surface area (Å²) in [6, 6.07) is 27.3. The lowest BCUT2D eigenvalue weighted by Crippen LogP contribution is -2.46. The van der Waals surface area contributed by atoms with Crippen molar-refractivity contribution in [1.82, 2.24) is 18.6 Å². The van der Waals surface area contributed by atoms with E-state index in [1.807, 2.05) is 73.3 Å². The number of carbonyl (C=O) groups is 2. The van der Waals surface area contributed by atoms with Gasteiger partial charge in [-0.1, -0.05) is 58.5 Å². The number of hydrogen-bond acceptors (Lipinski definition) is 16. The molecule has 424 valence electrons. The topological polar surface area (TPSA) is 201 Å². The van der Waals surface area contributed by atoms with Crippen LogP contribution < -0.4 is 34.8 Å². The van der Waals surface area contributed by atoms with Crippen molar-refractivity contribution in [2.45, 2.75) is 36.5 Å². The first kappa shape index (κ1) is 62.1. The molecule has 2 aliphatic heterocycles. The maximum absolute atomic E-state index is 13.2. The van der Waals surface area contributed by atoms with Crippen molar-refractivity contribution in [2.24, 2.45) is 0 Å². The number of anilines is 5. The van der Waals surface area contributed by atoms with E-state index in [0.717, 1.165) is 77.9 Å². The van der Waals surface area contributed by atoms with E-state index in [1.165, 1.54) is 57.5 Å². The molecule has 4 heterocycles. The predicted molar refractivity (Wildman–Crippen MR) is 315 cm³/mol. The number of rotatable bonds is 19. The summed E-state index contributed by atoms with van der Waals surface area (Å²) >= 11 is 24.5. The van der Waals surface area contributed by atoms with Gasteiger partial charge < -0.3 is 39.5 Å². The summed E-state index contributed by atoms with van der Waals surface area (Å²) in [6.07, 6.45) is 7.63. The maximum Gasteiger partial charge on any atom is 0.293 e. The molecule has 2 N–H and O–H groups in total. The van der Waals surface area contributed by atoms with Crippen LogP contribution in [0.2, 0.25) is 20.1 Å². The Morgan fingerprint density at radius 3 is 1.30 bits per heavy atom. The number of sulfonamides is 2. The number of benzene rings is 4. The number of pyridine rings is 2. The fourth-order valence-corrected chi connectivity index (χ4v) is 13.3. The van der Waals surface area contributed by atoms with Crippen LogP contribution in [-0.2, 0) is 40.8 Å². The van der Waals surface area contributed by atoms with Crippen LogP contribution in [0.3, 0.4) is 0 Å². The van der Waals surface area contributed by atoms with Crippen LogP contribution in [0.1, 0.15) is 23.1 Å². The van der Waals surface area contributed by atoms with Crippen molar-refractivity contribution in [3.8, 4) is 11.5 Å². The highest BCUT2D eigenvalue weighted by Gasteiger charge is 2.31. The van der Waals surface area contributed by atoms with Gasteiger partial charge in [-0.2, -0.15) is 4.31 Å².